The highest BCUT2D eigenvalue weighted by atomic mass is 32.1. The van der Waals surface area contributed by atoms with E-state index in [-0.39, 0.29) is 23.9 Å². The Labute approximate surface area is 125 Å². The van der Waals surface area contributed by atoms with Gasteiger partial charge in [0.2, 0.25) is 0 Å². The van der Waals surface area contributed by atoms with E-state index in [0.29, 0.717) is 18.4 Å². The highest BCUT2D eigenvalue weighted by Gasteiger charge is 2.12. The average Bonchev–Trinajstić information content (AvgIpc) is 3.13. The smallest absolute Gasteiger partial charge is 0.354 e. The fraction of sp³-hybridized carbons (Fsp3) is 0.267. The first-order valence-electron chi connectivity index (χ1n) is 6.51. The Morgan fingerprint density at radius 3 is 2.76 bits per heavy atom. The summed E-state index contributed by atoms with van der Waals surface area (Å²) in [6, 6.07) is 5.07. The van der Waals surface area contributed by atoms with Crippen LogP contribution in [0.15, 0.2) is 29.8 Å². The van der Waals surface area contributed by atoms with Gasteiger partial charge in [0.25, 0.3) is 0 Å². The van der Waals surface area contributed by atoms with Crippen molar-refractivity contribution in [2.75, 3.05) is 6.61 Å². The van der Waals surface area contributed by atoms with Gasteiger partial charge in [-0.15, -0.1) is 11.3 Å². The number of esters is 1. The molecule has 0 saturated carbocycles. The molecule has 0 unspecified atom stereocenters. The molecule has 2 rings (SSSR count). The molecule has 0 bridgehead atoms. The third kappa shape index (κ3) is 4.13. The lowest BCUT2D eigenvalue weighted by Gasteiger charge is -2.02. The summed E-state index contributed by atoms with van der Waals surface area (Å²) in [6.07, 6.45) is 2.29. The summed E-state index contributed by atoms with van der Waals surface area (Å²) in [6.45, 7) is 1.60. The minimum atomic E-state index is -0.522. The maximum Gasteiger partial charge on any atom is 0.354 e. The second-order valence-electron chi connectivity index (χ2n) is 4.50. The molecule has 5 nitrogen and oxygen atoms in total. The van der Waals surface area contributed by atoms with E-state index in [1.165, 1.54) is 30.5 Å². The number of nitrogens with one attached hydrogen (secondary N) is 1. The van der Waals surface area contributed by atoms with Gasteiger partial charge in [0.05, 0.1) is 11.5 Å². The standard InChI is InChI=1S/C15H15NO4S/c1-10(17)11-8-12(16-9-11)15(19)20-6-2-4-13(18)14-5-3-7-21-14/h3,5,7-9,16H,2,4,6H2,1H3. The molecule has 0 amide bonds. The fourth-order valence-corrected chi connectivity index (χ4v) is 2.45. The number of ketones is 2. The third-order valence-electron chi connectivity index (χ3n) is 2.89. The van der Waals surface area contributed by atoms with Gasteiger partial charge in [-0.2, -0.15) is 0 Å². The molecule has 0 spiro atoms. The Morgan fingerprint density at radius 1 is 1.33 bits per heavy atom. The quantitative estimate of drug-likeness (QED) is 0.484. The van der Waals surface area contributed by atoms with Crippen LogP contribution in [0.4, 0.5) is 0 Å². The lowest BCUT2D eigenvalue weighted by molar-refractivity contribution is 0.0488. The first-order valence-corrected chi connectivity index (χ1v) is 7.39. The summed E-state index contributed by atoms with van der Waals surface area (Å²) >= 11 is 1.40. The molecule has 0 atom stereocenters. The predicted molar refractivity (Wildman–Crippen MR) is 79.0 cm³/mol. The van der Waals surface area contributed by atoms with Gasteiger partial charge >= 0.3 is 5.97 Å². The molecular weight excluding hydrogens is 290 g/mol. The maximum absolute atomic E-state index is 11.7. The normalized spacial score (nSPS) is 10.3. The van der Waals surface area contributed by atoms with E-state index in [9.17, 15) is 14.4 Å². The predicted octanol–water partition coefficient (Wildman–Crippen LogP) is 3.10. The second-order valence-corrected chi connectivity index (χ2v) is 5.45. The number of ether oxygens (including phenoxy) is 1. The van der Waals surface area contributed by atoms with Gasteiger partial charge in [-0.3, -0.25) is 9.59 Å². The van der Waals surface area contributed by atoms with Crippen molar-refractivity contribution in [3.05, 3.63) is 45.9 Å². The van der Waals surface area contributed by atoms with Gasteiger partial charge < -0.3 is 9.72 Å². The van der Waals surface area contributed by atoms with E-state index in [1.54, 1.807) is 6.07 Å². The van der Waals surface area contributed by atoms with Gasteiger partial charge in [0, 0.05) is 18.2 Å². The first kappa shape index (κ1) is 15.2. The molecule has 2 heterocycles. The van der Waals surface area contributed by atoms with Crippen LogP contribution in [0.1, 0.15) is 50.3 Å². The van der Waals surface area contributed by atoms with Crippen LogP contribution >= 0.6 is 11.3 Å². The van der Waals surface area contributed by atoms with Gasteiger partial charge in [-0.05, 0) is 30.9 Å². The van der Waals surface area contributed by atoms with Crippen LogP contribution in [0, 0.1) is 0 Å². The largest absolute Gasteiger partial charge is 0.461 e. The monoisotopic (exact) mass is 305 g/mol. The Balaban J connectivity index is 1.74. The zero-order chi connectivity index (χ0) is 15.2. The number of aromatic amines is 1. The van der Waals surface area contributed by atoms with Crippen LogP contribution < -0.4 is 0 Å². The molecule has 110 valence electrons. The Kier molecular flexibility index (Phi) is 5.05. The zero-order valence-corrected chi connectivity index (χ0v) is 12.4. The summed E-state index contributed by atoms with van der Waals surface area (Å²) < 4.78 is 5.06. The molecule has 2 aromatic rings. The number of aromatic nitrogens is 1. The van der Waals surface area contributed by atoms with Crippen molar-refractivity contribution in [3.63, 3.8) is 0 Å². The highest BCUT2D eigenvalue weighted by molar-refractivity contribution is 7.12. The van der Waals surface area contributed by atoms with E-state index >= 15 is 0 Å². The van der Waals surface area contributed by atoms with Crippen molar-refractivity contribution >= 4 is 28.9 Å². The molecule has 0 saturated heterocycles. The minimum absolute atomic E-state index is 0.0554. The number of Topliss-reactive ketones (excluding diaryl/α,β-unsaturated/α-hetero) is 2. The summed E-state index contributed by atoms with van der Waals surface area (Å²) in [7, 11) is 0. The molecule has 6 heteroatoms. The van der Waals surface area contributed by atoms with E-state index in [0.717, 1.165) is 4.88 Å². The number of H-pyrrole nitrogens is 1. The average molecular weight is 305 g/mol. The Bertz CT molecular complexity index is 642. The van der Waals surface area contributed by atoms with E-state index in [2.05, 4.69) is 4.98 Å². The van der Waals surface area contributed by atoms with Crippen molar-refractivity contribution < 1.29 is 19.1 Å². The van der Waals surface area contributed by atoms with Crippen LogP contribution in [-0.2, 0) is 4.74 Å². The van der Waals surface area contributed by atoms with Crippen molar-refractivity contribution in [2.24, 2.45) is 0 Å². The van der Waals surface area contributed by atoms with Crippen molar-refractivity contribution in [1.82, 2.24) is 4.98 Å². The molecule has 2 aromatic heterocycles. The van der Waals surface area contributed by atoms with Gasteiger partial charge in [0.1, 0.15) is 5.69 Å². The molecule has 0 aromatic carbocycles. The van der Waals surface area contributed by atoms with E-state index in [1.807, 2.05) is 11.4 Å². The summed E-state index contributed by atoms with van der Waals surface area (Å²) in [4.78, 5) is 38.0. The number of hydrogen-bond acceptors (Lipinski definition) is 5. The van der Waals surface area contributed by atoms with Crippen LogP contribution in [-0.4, -0.2) is 29.1 Å². The lowest BCUT2D eigenvalue weighted by atomic mass is 10.2. The third-order valence-corrected chi connectivity index (χ3v) is 3.80. The molecule has 0 aliphatic rings. The van der Waals surface area contributed by atoms with Crippen LogP contribution in [0.2, 0.25) is 0 Å². The summed E-state index contributed by atoms with van der Waals surface area (Å²) in [5, 5.41) is 1.85. The van der Waals surface area contributed by atoms with E-state index in [4.69, 9.17) is 4.74 Å². The van der Waals surface area contributed by atoms with Crippen molar-refractivity contribution in [1.29, 1.82) is 0 Å². The molecule has 1 N–H and O–H groups in total. The highest BCUT2D eigenvalue weighted by Crippen LogP contribution is 2.12. The first-order chi connectivity index (χ1) is 10.1. The number of hydrogen-bond donors (Lipinski definition) is 1. The molecule has 21 heavy (non-hydrogen) atoms. The number of carbonyl (C=O) groups excluding carboxylic acids is 3. The molecular formula is C15H15NO4S. The SMILES string of the molecule is CC(=O)c1c[nH]c(C(=O)OCCCC(=O)c2cccs2)c1. The number of rotatable bonds is 7. The molecule has 0 aliphatic carbocycles. The number of thiophene rings is 1. The summed E-state index contributed by atoms with van der Waals surface area (Å²) in [5.74, 6) is -0.585. The Morgan fingerprint density at radius 2 is 2.14 bits per heavy atom. The van der Waals surface area contributed by atoms with Crippen molar-refractivity contribution in [3.8, 4) is 0 Å². The van der Waals surface area contributed by atoms with Crippen molar-refractivity contribution in [2.45, 2.75) is 19.8 Å². The second kappa shape index (κ2) is 6.99. The van der Waals surface area contributed by atoms with Crippen LogP contribution in [0.3, 0.4) is 0 Å². The topological polar surface area (TPSA) is 76.2 Å². The van der Waals surface area contributed by atoms with Crippen LogP contribution in [0.25, 0.3) is 0 Å². The maximum atomic E-state index is 11.7. The minimum Gasteiger partial charge on any atom is -0.461 e. The number of carbonyl (C=O) groups is 3. The molecule has 0 fully saturated rings. The van der Waals surface area contributed by atoms with Gasteiger partial charge in [-0.1, -0.05) is 6.07 Å². The fourth-order valence-electron chi connectivity index (χ4n) is 1.75. The lowest BCUT2D eigenvalue weighted by Crippen LogP contribution is -2.08. The van der Waals surface area contributed by atoms with Gasteiger partial charge in [0.15, 0.2) is 11.6 Å². The zero-order valence-electron chi connectivity index (χ0n) is 11.5. The molecule has 0 radical (unpaired) electrons. The Hall–Kier alpha value is -2.21. The summed E-state index contributed by atoms with van der Waals surface area (Å²) in [5.41, 5.74) is 0.680. The van der Waals surface area contributed by atoms with Crippen LogP contribution in [0.5, 0.6) is 0 Å². The van der Waals surface area contributed by atoms with Gasteiger partial charge in [-0.25, -0.2) is 4.79 Å². The molecule has 0 aliphatic heterocycles. The van der Waals surface area contributed by atoms with E-state index < -0.39 is 5.97 Å².